The fraction of sp³-hybridized carbons (Fsp3) is 0.448. The van der Waals surface area contributed by atoms with Gasteiger partial charge in [-0.1, -0.05) is 97.9 Å². The molecule has 0 aromatic heterocycles. The van der Waals surface area contributed by atoms with E-state index < -0.39 is 0 Å². The number of halogens is 1. The van der Waals surface area contributed by atoms with Gasteiger partial charge in [0, 0.05) is 33.5 Å². The summed E-state index contributed by atoms with van der Waals surface area (Å²) in [5, 5.41) is 0.952. The number of hydrogen-bond donors (Lipinski definition) is 0. The van der Waals surface area contributed by atoms with Crippen molar-refractivity contribution in [3.8, 4) is 0 Å². The minimum Gasteiger partial charge on any atom is -0.292 e. The SMILES string of the molecule is BrCc1ccccc1.C.CCC(=NC)C(C)=NC.CCC(=NC)C(CCc1ccccc1)=NC. The van der Waals surface area contributed by atoms with Gasteiger partial charge in [0.05, 0.1) is 22.8 Å². The summed E-state index contributed by atoms with van der Waals surface area (Å²) in [4.78, 5) is 16.7. The second kappa shape index (κ2) is 22.4. The molecule has 0 unspecified atom stereocenters. The Hall–Kier alpha value is -2.40. The van der Waals surface area contributed by atoms with Crippen molar-refractivity contribution in [2.24, 2.45) is 20.0 Å². The Morgan fingerprint density at radius 3 is 1.38 bits per heavy atom. The highest BCUT2D eigenvalue weighted by atomic mass is 79.9. The summed E-state index contributed by atoms with van der Waals surface area (Å²) < 4.78 is 0. The van der Waals surface area contributed by atoms with Gasteiger partial charge in [-0.05, 0) is 43.7 Å². The fourth-order valence-corrected chi connectivity index (χ4v) is 3.43. The van der Waals surface area contributed by atoms with E-state index in [1.54, 1.807) is 14.1 Å². The van der Waals surface area contributed by atoms with Crippen molar-refractivity contribution in [1.29, 1.82) is 0 Å². The summed E-state index contributed by atoms with van der Waals surface area (Å²) in [6.07, 6.45) is 3.94. The van der Waals surface area contributed by atoms with Crippen LogP contribution in [0.3, 0.4) is 0 Å². The van der Waals surface area contributed by atoms with Crippen LogP contribution in [0.15, 0.2) is 80.6 Å². The predicted octanol–water partition coefficient (Wildman–Crippen LogP) is 7.95. The Morgan fingerprint density at radius 2 is 1.09 bits per heavy atom. The third kappa shape index (κ3) is 14.7. The summed E-state index contributed by atoms with van der Waals surface area (Å²) >= 11 is 3.36. The van der Waals surface area contributed by atoms with E-state index in [0.717, 1.165) is 53.9 Å². The minimum absolute atomic E-state index is 0. The maximum atomic E-state index is 4.33. The normalized spacial score (nSPS) is 12.0. The van der Waals surface area contributed by atoms with Crippen LogP contribution in [-0.4, -0.2) is 51.0 Å². The third-order valence-electron chi connectivity index (χ3n) is 5.06. The van der Waals surface area contributed by atoms with Gasteiger partial charge in [0.1, 0.15) is 0 Å². The van der Waals surface area contributed by atoms with Crippen LogP contribution in [-0.2, 0) is 11.8 Å². The molecule has 0 aliphatic rings. The highest BCUT2D eigenvalue weighted by molar-refractivity contribution is 9.08. The standard InChI is InChI=1S/C14H20N2.C7H7Br.C7H14N2.CH4/c1-4-13(15-2)14(16-3)11-10-12-8-6-5-7-9-12;8-6-7-4-2-1-3-5-7;1-5-7(9-4)6(2)8-3;/h5-9H,4,10-11H2,1-3H3;1-5H,6H2;5H2,1-4H3;1H4. The van der Waals surface area contributed by atoms with Crippen molar-refractivity contribution in [2.75, 3.05) is 28.2 Å². The largest absolute Gasteiger partial charge is 0.292 e. The van der Waals surface area contributed by atoms with Crippen LogP contribution in [0.4, 0.5) is 0 Å². The second-order valence-corrected chi connectivity index (χ2v) is 7.69. The van der Waals surface area contributed by atoms with E-state index in [1.165, 1.54) is 11.1 Å². The summed E-state index contributed by atoms with van der Waals surface area (Å²) in [6.45, 7) is 6.18. The number of nitrogens with zero attached hydrogens (tertiary/aromatic N) is 4. The quantitative estimate of drug-likeness (QED) is 0.246. The Bertz CT molecular complexity index is 870. The maximum Gasteiger partial charge on any atom is 0.0558 e. The van der Waals surface area contributed by atoms with Gasteiger partial charge in [-0.15, -0.1) is 0 Å². The first-order valence-corrected chi connectivity index (χ1v) is 12.6. The van der Waals surface area contributed by atoms with E-state index >= 15 is 0 Å². The van der Waals surface area contributed by atoms with E-state index in [-0.39, 0.29) is 7.43 Å². The molecule has 34 heavy (non-hydrogen) atoms. The molecule has 0 heterocycles. The summed E-state index contributed by atoms with van der Waals surface area (Å²) in [5.74, 6) is 0. The van der Waals surface area contributed by atoms with Crippen molar-refractivity contribution in [2.45, 2.75) is 59.2 Å². The van der Waals surface area contributed by atoms with Crippen LogP contribution >= 0.6 is 15.9 Å². The molecule has 2 rings (SSSR count). The predicted molar refractivity (Wildman–Crippen MR) is 160 cm³/mol. The number of alkyl halides is 1. The molecule has 0 saturated heterocycles. The van der Waals surface area contributed by atoms with Crippen LogP contribution in [0.2, 0.25) is 0 Å². The van der Waals surface area contributed by atoms with Gasteiger partial charge >= 0.3 is 0 Å². The van der Waals surface area contributed by atoms with Gasteiger partial charge in [-0.25, -0.2) is 0 Å². The lowest BCUT2D eigenvalue weighted by atomic mass is 10.0. The monoisotopic (exact) mass is 528 g/mol. The lowest BCUT2D eigenvalue weighted by Gasteiger charge is -2.07. The summed E-state index contributed by atoms with van der Waals surface area (Å²) in [5.41, 5.74) is 7.08. The van der Waals surface area contributed by atoms with Gasteiger partial charge in [0.15, 0.2) is 0 Å². The molecule has 188 valence electrons. The first-order valence-electron chi connectivity index (χ1n) is 11.5. The molecule has 0 aliphatic heterocycles. The van der Waals surface area contributed by atoms with Gasteiger partial charge < -0.3 is 0 Å². The Kier molecular flexibility index (Phi) is 22.2. The van der Waals surface area contributed by atoms with E-state index in [2.05, 4.69) is 86.1 Å². The van der Waals surface area contributed by atoms with Crippen LogP contribution in [0.25, 0.3) is 0 Å². The first-order chi connectivity index (χ1) is 16.0. The number of aliphatic imine (C=N–C) groups is 4. The first kappa shape index (κ1) is 33.8. The maximum absolute atomic E-state index is 4.33. The molecule has 0 spiro atoms. The number of rotatable bonds is 8. The summed E-state index contributed by atoms with van der Waals surface area (Å²) in [6, 6.07) is 20.8. The van der Waals surface area contributed by atoms with Crippen LogP contribution in [0, 0.1) is 0 Å². The van der Waals surface area contributed by atoms with Crippen LogP contribution < -0.4 is 0 Å². The highest BCUT2D eigenvalue weighted by Crippen LogP contribution is 2.05. The molecule has 0 aliphatic carbocycles. The zero-order chi connectivity index (χ0) is 24.9. The Labute approximate surface area is 217 Å². The molecule has 2 aromatic rings. The molecule has 0 amide bonds. The number of hydrogen-bond acceptors (Lipinski definition) is 4. The molecule has 2 aromatic carbocycles. The molecule has 4 nitrogen and oxygen atoms in total. The van der Waals surface area contributed by atoms with Gasteiger partial charge in [0.2, 0.25) is 0 Å². The van der Waals surface area contributed by atoms with Gasteiger partial charge in [0.25, 0.3) is 0 Å². The average molecular weight is 530 g/mol. The van der Waals surface area contributed by atoms with Crippen molar-refractivity contribution < 1.29 is 0 Å². The third-order valence-corrected chi connectivity index (χ3v) is 5.70. The Morgan fingerprint density at radius 1 is 0.647 bits per heavy atom. The summed E-state index contributed by atoms with van der Waals surface area (Å²) in [7, 11) is 7.28. The number of aryl methyl sites for hydroxylation is 1. The van der Waals surface area contributed by atoms with Crippen LogP contribution in [0.1, 0.15) is 58.6 Å². The minimum atomic E-state index is 0. The molecular formula is C29H45BrN4. The smallest absolute Gasteiger partial charge is 0.0558 e. The molecule has 0 fully saturated rings. The van der Waals surface area contributed by atoms with Crippen molar-refractivity contribution in [1.82, 2.24) is 0 Å². The van der Waals surface area contributed by atoms with E-state index in [9.17, 15) is 0 Å². The van der Waals surface area contributed by atoms with E-state index in [1.807, 2.05) is 45.3 Å². The average Bonchev–Trinajstić information content (AvgIpc) is 2.89. The molecule has 0 atom stereocenters. The van der Waals surface area contributed by atoms with Crippen molar-refractivity contribution in [3.63, 3.8) is 0 Å². The zero-order valence-corrected chi connectivity index (χ0v) is 23.1. The second-order valence-electron chi connectivity index (χ2n) is 7.13. The number of benzene rings is 2. The van der Waals surface area contributed by atoms with Crippen LogP contribution in [0.5, 0.6) is 0 Å². The highest BCUT2D eigenvalue weighted by Gasteiger charge is 2.05. The zero-order valence-electron chi connectivity index (χ0n) is 21.5. The van der Waals surface area contributed by atoms with Crippen molar-refractivity contribution >= 4 is 38.8 Å². The topological polar surface area (TPSA) is 49.4 Å². The lowest BCUT2D eigenvalue weighted by molar-refractivity contribution is 1.04. The van der Waals surface area contributed by atoms with E-state index in [0.29, 0.717) is 0 Å². The Balaban J connectivity index is 0. The van der Waals surface area contributed by atoms with Gasteiger partial charge in [-0.3, -0.25) is 20.0 Å². The van der Waals surface area contributed by atoms with E-state index in [4.69, 9.17) is 0 Å². The molecule has 0 N–H and O–H groups in total. The molecule has 0 radical (unpaired) electrons. The molecule has 0 saturated carbocycles. The molecule has 0 bridgehead atoms. The molecule has 5 heteroatoms. The fourth-order valence-electron chi connectivity index (χ4n) is 3.06. The molecular weight excluding hydrogens is 484 g/mol. The van der Waals surface area contributed by atoms with Crippen molar-refractivity contribution in [3.05, 3.63) is 71.8 Å². The van der Waals surface area contributed by atoms with Gasteiger partial charge in [-0.2, -0.15) is 0 Å². The lowest BCUT2D eigenvalue weighted by Crippen LogP contribution is -2.14.